The van der Waals surface area contributed by atoms with Crippen molar-refractivity contribution in [3.63, 3.8) is 0 Å². The Morgan fingerprint density at radius 2 is 1.76 bits per heavy atom. The Bertz CT molecular complexity index is 709. The van der Waals surface area contributed by atoms with Gasteiger partial charge < -0.3 is 20.5 Å². The van der Waals surface area contributed by atoms with Crippen LogP contribution in [0.2, 0.25) is 0 Å². The van der Waals surface area contributed by atoms with Gasteiger partial charge in [-0.15, -0.1) is 12.4 Å². The Kier molecular flexibility index (Phi) is 6.67. The summed E-state index contributed by atoms with van der Waals surface area (Å²) in [5.41, 5.74) is 7.71. The van der Waals surface area contributed by atoms with Crippen molar-refractivity contribution in [3.05, 3.63) is 59.7 Å². The van der Waals surface area contributed by atoms with E-state index in [4.69, 9.17) is 15.2 Å². The minimum absolute atomic E-state index is 0. The van der Waals surface area contributed by atoms with Crippen LogP contribution in [-0.2, 0) is 4.79 Å². The number of fused-ring (bicyclic) bond motifs is 1. The Labute approximate surface area is 153 Å². The number of ether oxygens (including phenoxy) is 2. The summed E-state index contributed by atoms with van der Waals surface area (Å²) in [5.74, 6) is 1.03. The summed E-state index contributed by atoms with van der Waals surface area (Å²) in [6.07, 6.45) is 0. The number of hydrogen-bond acceptors (Lipinski definition) is 4. The molecule has 5 nitrogen and oxygen atoms in total. The summed E-state index contributed by atoms with van der Waals surface area (Å²) < 4.78 is 11.1. The van der Waals surface area contributed by atoms with Gasteiger partial charge in [0.2, 0.25) is 5.91 Å². The molecule has 0 spiro atoms. The fourth-order valence-electron chi connectivity index (χ4n) is 2.81. The molecule has 2 aromatic carbocycles. The molecule has 0 aliphatic carbocycles. The van der Waals surface area contributed by atoms with Crippen molar-refractivity contribution >= 4 is 18.3 Å². The zero-order chi connectivity index (χ0) is 16.9. The van der Waals surface area contributed by atoms with E-state index in [9.17, 15) is 4.79 Å². The second-order valence-corrected chi connectivity index (χ2v) is 5.83. The van der Waals surface area contributed by atoms with Crippen LogP contribution in [0.5, 0.6) is 11.5 Å². The smallest absolute Gasteiger partial charge is 0.229 e. The van der Waals surface area contributed by atoms with Gasteiger partial charge in [0.1, 0.15) is 13.2 Å². The predicted molar refractivity (Wildman–Crippen MR) is 99.5 cm³/mol. The summed E-state index contributed by atoms with van der Waals surface area (Å²) in [7, 11) is 0. The second-order valence-electron chi connectivity index (χ2n) is 5.83. The standard InChI is InChI=1S/C19H22N2O3.ClH/c1-13(15-7-8-17-18(11-15)24-10-9-23-17)21-19(22)16(12-20)14-5-3-2-4-6-14;/h2-8,11,13,16H,9-10,12,20H2,1H3,(H,21,22);1H. The van der Waals surface area contributed by atoms with Gasteiger partial charge >= 0.3 is 0 Å². The van der Waals surface area contributed by atoms with Gasteiger partial charge in [-0.25, -0.2) is 0 Å². The molecule has 0 bridgehead atoms. The van der Waals surface area contributed by atoms with E-state index in [0.29, 0.717) is 13.2 Å². The first-order valence-electron chi connectivity index (χ1n) is 8.14. The van der Waals surface area contributed by atoms with E-state index in [0.717, 1.165) is 22.6 Å². The summed E-state index contributed by atoms with van der Waals surface area (Å²) in [6.45, 7) is 3.32. The van der Waals surface area contributed by atoms with Crippen molar-refractivity contribution in [2.24, 2.45) is 5.73 Å². The van der Waals surface area contributed by atoms with Crippen LogP contribution in [0.1, 0.15) is 30.0 Å². The molecule has 2 aromatic rings. The molecule has 3 N–H and O–H groups in total. The molecule has 0 saturated carbocycles. The molecule has 2 unspecified atom stereocenters. The van der Waals surface area contributed by atoms with E-state index < -0.39 is 0 Å². The Hall–Kier alpha value is -2.24. The Morgan fingerprint density at radius 3 is 2.44 bits per heavy atom. The maximum Gasteiger partial charge on any atom is 0.229 e. The molecule has 134 valence electrons. The van der Waals surface area contributed by atoms with Crippen LogP contribution in [0.15, 0.2) is 48.5 Å². The molecule has 1 amide bonds. The number of amides is 1. The van der Waals surface area contributed by atoms with Gasteiger partial charge in [0.05, 0.1) is 12.0 Å². The van der Waals surface area contributed by atoms with E-state index >= 15 is 0 Å². The van der Waals surface area contributed by atoms with Crippen molar-refractivity contribution in [2.45, 2.75) is 18.9 Å². The first-order valence-corrected chi connectivity index (χ1v) is 8.14. The quantitative estimate of drug-likeness (QED) is 0.857. The highest BCUT2D eigenvalue weighted by Crippen LogP contribution is 2.32. The zero-order valence-corrected chi connectivity index (χ0v) is 14.9. The average Bonchev–Trinajstić information content (AvgIpc) is 2.62. The molecule has 1 aliphatic rings. The summed E-state index contributed by atoms with van der Waals surface area (Å²) in [5, 5.41) is 3.04. The van der Waals surface area contributed by atoms with E-state index in [2.05, 4.69) is 5.32 Å². The van der Waals surface area contributed by atoms with Gasteiger partial charge in [-0.3, -0.25) is 4.79 Å². The van der Waals surface area contributed by atoms with Crippen molar-refractivity contribution < 1.29 is 14.3 Å². The third kappa shape index (κ3) is 4.44. The third-order valence-corrected chi connectivity index (χ3v) is 4.18. The van der Waals surface area contributed by atoms with Crippen LogP contribution in [0.3, 0.4) is 0 Å². The summed E-state index contributed by atoms with van der Waals surface area (Å²) in [6, 6.07) is 15.2. The number of nitrogens with one attached hydrogen (secondary N) is 1. The number of nitrogens with two attached hydrogens (primary N) is 1. The van der Waals surface area contributed by atoms with Crippen molar-refractivity contribution in [3.8, 4) is 11.5 Å². The van der Waals surface area contributed by atoms with Crippen molar-refractivity contribution in [2.75, 3.05) is 19.8 Å². The molecule has 1 aliphatic heterocycles. The summed E-state index contributed by atoms with van der Waals surface area (Å²) >= 11 is 0. The lowest BCUT2D eigenvalue weighted by Gasteiger charge is -2.22. The molecular formula is C19H23ClN2O3. The van der Waals surface area contributed by atoms with Gasteiger partial charge in [-0.05, 0) is 30.2 Å². The molecule has 25 heavy (non-hydrogen) atoms. The molecular weight excluding hydrogens is 340 g/mol. The molecule has 0 fully saturated rings. The van der Waals surface area contributed by atoms with Gasteiger partial charge in [0.25, 0.3) is 0 Å². The lowest BCUT2D eigenvalue weighted by molar-refractivity contribution is -0.123. The Morgan fingerprint density at radius 1 is 1.08 bits per heavy atom. The number of carbonyl (C=O) groups excluding carboxylic acids is 1. The minimum atomic E-state index is -0.356. The van der Waals surface area contributed by atoms with Gasteiger partial charge in [-0.2, -0.15) is 0 Å². The van der Waals surface area contributed by atoms with E-state index in [1.807, 2.05) is 55.5 Å². The maximum atomic E-state index is 12.6. The number of rotatable bonds is 5. The highest BCUT2D eigenvalue weighted by molar-refractivity contribution is 5.85. The lowest BCUT2D eigenvalue weighted by Crippen LogP contribution is -2.35. The predicted octanol–water partition coefficient (Wildman–Crippen LogP) is 2.80. The van der Waals surface area contributed by atoms with Gasteiger partial charge in [0.15, 0.2) is 11.5 Å². The van der Waals surface area contributed by atoms with Crippen LogP contribution in [0, 0.1) is 0 Å². The first-order chi connectivity index (χ1) is 11.7. The van der Waals surface area contributed by atoms with Crippen LogP contribution >= 0.6 is 12.4 Å². The number of hydrogen-bond donors (Lipinski definition) is 2. The average molecular weight is 363 g/mol. The van der Waals surface area contributed by atoms with Crippen LogP contribution in [0.25, 0.3) is 0 Å². The highest BCUT2D eigenvalue weighted by atomic mass is 35.5. The minimum Gasteiger partial charge on any atom is -0.486 e. The lowest BCUT2D eigenvalue weighted by atomic mass is 9.97. The number of halogens is 1. The largest absolute Gasteiger partial charge is 0.486 e. The van der Waals surface area contributed by atoms with E-state index in [1.165, 1.54) is 0 Å². The fourth-order valence-corrected chi connectivity index (χ4v) is 2.81. The number of carbonyl (C=O) groups is 1. The SMILES string of the molecule is CC(NC(=O)C(CN)c1ccccc1)c1ccc2c(c1)OCCO2.Cl. The zero-order valence-electron chi connectivity index (χ0n) is 14.1. The van der Waals surface area contributed by atoms with E-state index in [-0.39, 0.29) is 36.8 Å². The molecule has 0 aromatic heterocycles. The normalized spacial score (nSPS) is 14.8. The maximum absolute atomic E-state index is 12.6. The summed E-state index contributed by atoms with van der Waals surface area (Å²) in [4.78, 5) is 12.6. The van der Waals surface area contributed by atoms with Crippen LogP contribution < -0.4 is 20.5 Å². The van der Waals surface area contributed by atoms with Crippen LogP contribution in [-0.4, -0.2) is 25.7 Å². The Balaban J connectivity index is 0.00000225. The second kappa shape index (κ2) is 8.74. The third-order valence-electron chi connectivity index (χ3n) is 4.18. The van der Waals surface area contributed by atoms with Crippen molar-refractivity contribution in [1.29, 1.82) is 0 Å². The van der Waals surface area contributed by atoms with Gasteiger partial charge in [-0.1, -0.05) is 36.4 Å². The van der Waals surface area contributed by atoms with E-state index in [1.54, 1.807) is 0 Å². The molecule has 3 rings (SSSR count). The topological polar surface area (TPSA) is 73.6 Å². The fraction of sp³-hybridized carbons (Fsp3) is 0.316. The molecule has 6 heteroatoms. The van der Waals surface area contributed by atoms with Crippen molar-refractivity contribution in [1.82, 2.24) is 5.32 Å². The molecule has 2 atom stereocenters. The molecule has 0 saturated heterocycles. The van der Waals surface area contributed by atoms with Crippen LogP contribution in [0.4, 0.5) is 0 Å². The monoisotopic (exact) mass is 362 g/mol. The molecule has 1 heterocycles. The molecule has 0 radical (unpaired) electrons. The highest BCUT2D eigenvalue weighted by Gasteiger charge is 2.22. The first kappa shape index (κ1) is 19.1. The number of benzene rings is 2. The van der Waals surface area contributed by atoms with Gasteiger partial charge in [0, 0.05) is 6.54 Å².